The number of nitrogens with zero attached hydrogens (tertiary/aromatic N) is 1. The number of carbonyl (C=O) groups excluding carboxylic acids is 3. The Labute approximate surface area is 209 Å². The number of nitro benzene ring substituents is 1. The molecule has 1 aromatic rings. The molecule has 6 unspecified atom stereocenters. The largest absolute Gasteiger partial charge is 0.471 e. The van der Waals surface area contributed by atoms with Crippen LogP contribution in [0.25, 0.3) is 0 Å². The Morgan fingerprint density at radius 1 is 1.24 bits per heavy atom. The molecule has 0 radical (unpaired) electrons. The molecule has 11 nitrogen and oxygen atoms in total. The van der Waals surface area contributed by atoms with Gasteiger partial charge in [0.2, 0.25) is 0 Å². The predicted molar refractivity (Wildman–Crippen MR) is 118 cm³/mol. The normalized spacial score (nSPS) is 30.3. The van der Waals surface area contributed by atoms with Crippen LogP contribution in [-0.2, 0) is 23.8 Å². The third-order valence-corrected chi connectivity index (χ3v) is 6.48. The van der Waals surface area contributed by atoms with E-state index in [0.717, 1.165) is 24.3 Å². The van der Waals surface area contributed by atoms with Crippen LogP contribution in [-0.4, -0.2) is 70.1 Å². The van der Waals surface area contributed by atoms with Gasteiger partial charge in [0, 0.05) is 25.0 Å². The highest BCUT2D eigenvalue weighted by molar-refractivity contribution is 5.90. The summed E-state index contributed by atoms with van der Waals surface area (Å²) in [6.45, 7) is 2.68. The molecule has 1 saturated heterocycles. The third kappa shape index (κ3) is 7.02. The highest BCUT2D eigenvalue weighted by Crippen LogP contribution is 2.34. The van der Waals surface area contributed by atoms with Gasteiger partial charge in [0.05, 0.1) is 28.7 Å². The lowest BCUT2D eigenvalue weighted by molar-refractivity contribution is -0.384. The van der Waals surface area contributed by atoms with Gasteiger partial charge in [-0.25, -0.2) is 4.79 Å². The second-order valence-electron chi connectivity index (χ2n) is 9.20. The number of carbonyl (C=O) groups is 3. The van der Waals surface area contributed by atoms with Crippen LogP contribution in [0.4, 0.5) is 18.9 Å². The number of ketones is 1. The van der Waals surface area contributed by atoms with E-state index >= 15 is 0 Å². The van der Waals surface area contributed by atoms with Gasteiger partial charge in [-0.3, -0.25) is 19.7 Å². The lowest BCUT2D eigenvalue weighted by Gasteiger charge is -2.42. The molecule has 1 saturated carbocycles. The van der Waals surface area contributed by atoms with Crippen molar-refractivity contribution in [3.05, 3.63) is 39.9 Å². The van der Waals surface area contributed by atoms with Crippen molar-refractivity contribution >= 4 is 23.3 Å². The van der Waals surface area contributed by atoms with Crippen molar-refractivity contribution in [2.75, 3.05) is 0 Å². The van der Waals surface area contributed by atoms with Crippen LogP contribution in [0.2, 0.25) is 0 Å². The number of hydrogen-bond acceptors (Lipinski definition) is 9. The molecule has 204 valence electrons. The van der Waals surface area contributed by atoms with Gasteiger partial charge in [-0.05, 0) is 45.2 Å². The summed E-state index contributed by atoms with van der Waals surface area (Å²) < 4.78 is 55.9. The monoisotopic (exact) mass is 532 g/mol. The van der Waals surface area contributed by atoms with Crippen molar-refractivity contribution < 1.29 is 51.8 Å². The summed E-state index contributed by atoms with van der Waals surface area (Å²) in [4.78, 5) is 46.3. The van der Waals surface area contributed by atoms with E-state index in [-0.39, 0.29) is 30.5 Å². The van der Waals surface area contributed by atoms with E-state index in [1.807, 2.05) is 5.32 Å². The van der Waals surface area contributed by atoms with Gasteiger partial charge >= 0.3 is 18.1 Å². The molecule has 14 heteroatoms. The van der Waals surface area contributed by atoms with Crippen molar-refractivity contribution in [3.63, 3.8) is 0 Å². The van der Waals surface area contributed by atoms with Crippen molar-refractivity contribution in [1.29, 1.82) is 0 Å². The van der Waals surface area contributed by atoms with Gasteiger partial charge in [-0.1, -0.05) is 0 Å². The van der Waals surface area contributed by atoms with Gasteiger partial charge in [0.1, 0.15) is 11.7 Å². The quantitative estimate of drug-likeness (QED) is 0.306. The first kappa shape index (κ1) is 28.5. The Morgan fingerprint density at radius 2 is 1.89 bits per heavy atom. The number of nitro groups is 1. The molecule has 2 fully saturated rings. The maximum absolute atomic E-state index is 13.0. The van der Waals surface area contributed by atoms with E-state index in [1.54, 1.807) is 0 Å². The molecule has 0 spiro atoms. The SMILES string of the molecule is CC(=O)C1(O)CCCC(OC2CC(NC(=O)C(F)(F)F)C(OC(=O)c3ccc([N+](=O)[O-])cc3)C(C)O2)C1. The number of benzene rings is 1. The molecule has 1 aromatic carbocycles. The van der Waals surface area contributed by atoms with Crippen LogP contribution in [0, 0.1) is 10.1 Å². The van der Waals surface area contributed by atoms with Crippen molar-refractivity contribution in [2.24, 2.45) is 0 Å². The number of Topliss-reactive ketones (excluding diaryl/α,β-unsaturated/α-hetero) is 1. The Morgan fingerprint density at radius 3 is 2.46 bits per heavy atom. The molecule has 3 rings (SSSR count). The van der Waals surface area contributed by atoms with E-state index in [9.17, 15) is 42.8 Å². The summed E-state index contributed by atoms with van der Waals surface area (Å²) in [5.41, 5.74) is -1.95. The predicted octanol–water partition coefficient (Wildman–Crippen LogP) is 2.58. The molecule has 1 heterocycles. The Hall–Kier alpha value is -3.10. The maximum Gasteiger partial charge on any atom is 0.471 e. The summed E-state index contributed by atoms with van der Waals surface area (Å²) >= 11 is 0. The molecular formula is C23H27F3N2O9. The zero-order valence-corrected chi connectivity index (χ0v) is 20.0. The third-order valence-electron chi connectivity index (χ3n) is 6.48. The zero-order valence-electron chi connectivity index (χ0n) is 20.0. The summed E-state index contributed by atoms with van der Waals surface area (Å²) in [6, 6.07) is 3.03. The number of rotatable bonds is 7. The molecule has 0 aromatic heterocycles. The fraction of sp³-hybridized carbons (Fsp3) is 0.609. The summed E-state index contributed by atoms with van der Waals surface area (Å²) in [5.74, 6) is -3.66. The standard InChI is InChI=1S/C23H27F3N2O9/c1-12-19(37-20(30)14-5-7-15(8-6-14)28(33)34)17(27-21(31)23(24,25)26)10-18(35-12)36-16-4-3-9-22(32,11-16)13(2)29/h5-8,12,16-19,32H,3-4,9-11H2,1-2H3,(H,27,31). The Balaban J connectivity index is 1.75. The topological polar surface area (TPSA) is 154 Å². The summed E-state index contributed by atoms with van der Waals surface area (Å²) in [5, 5.41) is 23.1. The van der Waals surface area contributed by atoms with Crippen LogP contribution in [0.1, 0.15) is 56.3 Å². The van der Waals surface area contributed by atoms with Gasteiger partial charge in [-0.15, -0.1) is 0 Å². The minimum atomic E-state index is -5.20. The molecule has 37 heavy (non-hydrogen) atoms. The average Bonchev–Trinajstić information content (AvgIpc) is 2.80. The van der Waals surface area contributed by atoms with E-state index in [0.29, 0.717) is 12.8 Å². The fourth-order valence-corrected chi connectivity index (χ4v) is 4.46. The van der Waals surface area contributed by atoms with Crippen molar-refractivity contribution in [3.8, 4) is 0 Å². The molecule has 1 aliphatic carbocycles. The molecule has 6 atom stereocenters. The molecule has 2 N–H and O–H groups in total. The number of halogens is 3. The van der Waals surface area contributed by atoms with E-state index < -0.39 is 65.0 Å². The number of nitrogens with one attached hydrogen (secondary N) is 1. The van der Waals surface area contributed by atoms with Crippen LogP contribution in [0.3, 0.4) is 0 Å². The lowest BCUT2D eigenvalue weighted by atomic mass is 9.80. The number of alkyl halides is 3. The second-order valence-corrected chi connectivity index (χ2v) is 9.20. The van der Waals surface area contributed by atoms with Gasteiger partial charge in [-0.2, -0.15) is 13.2 Å². The molecule has 1 aliphatic heterocycles. The zero-order chi connectivity index (χ0) is 27.5. The first-order valence-corrected chi connectivity index (χ1v) is 11.6. The number of non-ortho nitro benzene ring substituents is 1. The molecule has 2 aliphatic rings. The van der Waals surface area contributed by atoms with Crippen LogP contribution in [0.15, 0.2) is 24.3 Å². The average molecular weight is 532 g/mol. The minimum Gasteiger partial charge on any atom is -0.454 e. The number of aliphatic hydroxyl groups is 1. The van der Waals surface area contributed by atoms with Crippen molar-refractivity contribution in [2.45, 2.75) is 88.4 Å². The van der Waals surface area contributed by atoms with Gasteiger partial charge < -0.3 is 24.6 Å². The Bertz CT molecular complexity index is 1030. The molecule has 0 bridgehead atoms. The smallest absolute Gasteiger partial charge is 0.454 e. The molecular weight excluding hydrogens is 505 g/mol. The first-order chi connectivity index (χ1) is 17.2. The maximum atomic E-state index is 13.0. The summed E-state index contributed by atoms with van der Waals surface area (Å²) in [7, 11) is 0. The lowest BCUT2D eigenvalue weighted by Crippen LogP contribution is -2.59. The second kappa shape index (κ2) is 11.1. The Kier molecular flexibility index (Phi) is 8.55. The van der Waals surface area contributed by atoms with Gasteiger partial charge in [0.15, 0.2) is 12.1 Å². The first-order valence-electron chi connectivity index (χ1n) is 11.6. The summed E-state index contributed by atoms with van der Waals surface area (Å²) in [6.07, 6.45) is -8.46. The fourth-order valence-electron chi connectivity index (χ4n) is 4.46. The minimum absolute atomic E-state index is 0.0191. The number of hydrogen-bond donors (Lipinski definition) is 2. The highest BCUT2D eigenvalue weighted by atomic mass is 19.4. The van der Waals surface area contributed by atoms with E-state index in [1.165, 1.54) is 13.8 Å². The van der Waals surface area contributed by atoms with Crippen LogP contribution < -0.4 is 5.32 Å². The number of ether oxygens (including phenoxy) is 3. The van der Waals surface area contributed by atoms with Crippen LogP contribution in [0.5, 0.6) is 0 Å². The van der Waals surface area contributed by atoms with Gasteiger partial charge in [0.25, 0.3) is 5.69 Å². The van der Waals surface area contributed by atoms with Crippen LogP contribution >= 0.6 is 0 Å². The molecule has 1 amide bonds. The van der Waals surface area contributed by atoms with E-state index in [2.05, 4.69) is 0 Å². The number of amides is 1. The number of esters is 1. The highest BCUT2D eigenvalue weighted by Gasteiger charge is 2.47. The van der Waals surface area contributed by atoms with E-state index in [4.69, 9.17) is 14.2 Å². The van der Waals surface area contributed by atoms with Crippen molar-refractivity contribution in [1.82, 2.24) is 5.32 Å².